The van der Waals surface area contributed by atoms with Crippen LogP contribution in [-0.4, -0.2) is 37.1 Å². The zero-order valence-corrected chi connectivity index (χ0v) is 13.3. The molecular formula is C16H23BO4. The Morgan fingerprint density at radius 2 is 1.76 bits per heavy atom. The van der Waals surface area contributed by atoms with Crippen molar-refractivity contribution in [2.45, 2.75) is 38.9 Å². The summed E-state index contributed by atoms with van der Waals surface area (Å²) < 4.78 is 17.3. The number of benzene rings is 1. The monoisotopic (exact) mass is 290 g/mol. The van der Waals surface area contributed by atoms with Crippen molar-refractivity contribution in [1.82, 2.24) is 0 Å². The summed E-state index contributed by atoms with van der Waals surface area (Å²) in [6.07, 6.45) is 1.86. The lowest BCUT2D eigenvalue weighted by Gasteiger charge is -2.32. The fraction of sp³-hybridized carbons (Fsp3) is 0.500. The van der Waals surface area contributed by atoms with Gasteiger partial charge in [0.25, 0.3) is 0 Å². The largest absolute Gasteiger partial charge is 0.496 e. The molecule has 114 valence electrons. The first-order valence-electron chi connectivity index (χ1n) is 7.11. The fourth-order valence-corrected chi connectivity index (χ4v) is 2.17. The van der Waals surface area contributed by atoms with E-state index in [4.69, 9.17) is 14.0 Å². The van der Waals surface area contributed by atoms with Crippen LogP contribution < -0.4 is 4.74 Å². The van der Waals surface area contributed by atoms with Crippen molar-refractivity contribution < 1.29 is 19.2 Å². The third-order valence-corrected chi connectivity index (χ3v) is 4.22. The minimum Gasteiger partial charge on any atom is -0.496 e. The summed E-state index contributed by atoms with van der Waals surface area (Å²) in [6.45, 7) is 7.83. The molecule has 0 spiro atoms. The molecule has 1 aliphatic rings. The third kappa shape index (κ3) is 3.15. The zero-order chi connectivity index (χ0) is 15.7. The smallest absolute Gasteiger partial charge is 0.492 e. The van der Waals surface area contributed by atoms with Crippen LogP contribution in [0.4, 0.5) is 0 Å². The van der Waals surface area contributed by atoms with Crippen LogP contribution in [0.1, 0.15) is 33.3 Å². The second-order valence-electron chi connectivity index (χ2n) is 6.21. The van der Waals surface area contributed by atoms with Gasteiger partial charge in [-0.2, -0.15) is 0 Å². The summed E-state index contributed by atoms with van der Waals surface area (Å²) in [5.74, 6) is 0.750. The number of aliphatic hydroxyl groups excluding tert-OH is 1. The Morgan fingerprint density at radius 3 is 2.29 bits per heavy atom. The summed E-state index contributed by atoms with van der Waals surface area (Å²) in [5.41, 5.74) is 0.719. The Kier molecular flexibility index (Phi) is 4.47. The Labute approximate surface area is 126 Å². The number of hydrogen-bond donors (Lipinski definition) is 1. The van der Waals surface area contributed by atoms with Gasteiger partial charge in [-0.05, 0) is 39.2 Å². The summed E-state index contributed by atoms with van der Waals surface area (Å²) in [4.78, 5) is 0. The first kappa shape index (κ1) is 16.1. The van der Waals surface area contributed by atoms with Crippen LogP contribution in [0.3, 0.4) is 0 Å². The number of aliphatic hydroxyl groups is 1. The average Bonchev–Trinajstić information content (AvgIpc) is 2.65. The maximum absolute atomic E-state index is 9.68. The molecule has 0 saturated carbocycles. The van der Waals surface area contributed by atoms with E-state index < -0.39 is 18.3 Å². The standard InChI is InChI=1S/C16H23BO4/c1-15(2)16(3,4)21-17(20-15)13(11-18)10-12-8-6-7-9-14(12)19-5/h6-10,18H,11H2,1-5H3. The number of rotatable bonds is 4. The van der Waals surface area contributed by atoms with E-state index in [1.165, 1.54) is 0 Å². The van der Waals surface area contributed by atoms with Gasteiger partial charge in [-0.3, -0.25) is 0 Å². The molecule has 1 saturated heterocycles. The van der Waals surface area contributed by atoms with Crippen LogP contribution in [0.2, 0.25) is 0 Å². The molecule has 0 aliphatic carbocycles. The molecule has 1 aliphatic heterocycles. The molecule has 1 aromatic rings. The highest BCUT2D eigenvalue weighted by atomic mass is 16.7. The summed E-state index contributed by atoms with van der Waals surface area (Å²) in [5, 5.41) is 9.68. The van der Waals surface area contributed by atoms with Gasteiger partial charge >= 0.3 is 7.12 Å². The van der Waals surface area contributed by atoms with Gasteiger partial charge in [-0.15, -0.1) is 0 Å². The minimum absolute atomic E-state index is 0.130. The second kappa shape index (κ2) is 5.83. The van der Waals surface area contributed by atoms with Gasteiger partial charge < -0.3 is 19.2 Å². The number of hydrogen-bond acceptors (Lipinski definition) is 4. The highest BCUT2D eigenvalue weighted by Crippen LogP contribution is 2.39. The van der Waals surface area contributed by atoms with E-state index in [2.05, 4.69) is 0 Å². The lowest BCUT2D eigenvalue weighted by molar-refractivity contribution is 0.00578. The molecule has 0 bridgehead atoms. The van der Waals surface area contributed by atoms with Crippen LogP contribution in [0, 0.1) is 0 Å². The molecule has 0 unspecified atom stereocenters. The van der Waals surface area contributed by atoms with Crippen LogP contribution in [0.5, 0.6) is 5.75 Å². The van der Waals surface area contributed by atoms with E-state index in [1.807, 2.05) is 58.0 Å². The van der Waals surface area contributed by atoms with E-state index in [1.54, 1.807) is 7.11 Å². The number of para-hydroxylation sites is 1. The normalized spacial score (nSPS) is 20.7. The maximum Gasteiger partial charge on any atom is 0.492 e. The van der Waals surface area contributed by atoms with E-state index in [-0.39, 0.29) is 6.61 Å². The third-order valence-electron chi connectivity index (χ3n) is 4.22. The van der Waals surface area contributed by atoms with Crippen LogP contribution >= 0.6 is 0 Å². The van der Waals surface area contributed by atoms with Crippen molar-refractivity contribution in [2.75, 3.05) is 13.7 Å². The lowest BCUT2D eigenvalue weighted by Crippen LogP contribution is -2.41. The average molecular weight is 290 g/mol. The summed E-state index contributed by atoms with van der Waals surface area (Å²) >= 11 is 0. The van der Waals surface area contributed by atoms with Crippen molar-refractivity contribution >= 4 is 13.2 Å². The maximum atomic E-state index is 9.68. The second-order valence-corrected chi connectivity index (χ2v) is 6.21. The van der Waals surface area contributed by atoms with Gasteiger partial charge in [0.1, 0.15) is 5.75 Å². The Hall–Kier alpha value is -1.30. The van der Waals surface area contributed by atoms with Gasteiger partial charge in [-0.1, -0.05) is 24.3 Å². The number of methoxy groups -OCH3 is 1. The molecule has 4 nitrogen and oxygen atoms in total. The predicted molar refractivity (Wildman–Crippen MR) is 84.1 cm³/mol. The highest BCUT2D eigenvalue weighted by molar-refractivity contribution is 6.55. The van der Waals surface area contributed by atoms with E-state index >= 15 is 0 Å². The van der Waals surface area contributed by atoms with Crippen molar-refractivity contribution in [3.63, 3.8) is 0 Å². The van der Waals surface area contributed by atoms with Crippen LogP contribution in [0.25, 0.3) is 6.08 Å². The summed E-state index contributed by atoms with van der Waals surface area (Å²) in [7, 11) is 1.07. The van der Waals surface area contributed by atoms with E-state index in [9.17, 15) is 5.11 Å². The zero-order valence-electron chi connectivity index (χ0n) is 13.3. The first-order chi connectivity index (χ1) is 9.80. The SMILES string of the molecule is COc1ccccc1C=C(CO)B1OC(C)(C)C(C)(C)O1. The lowest BCUT2D eigenvalue weighted by atomic mass is 9.77. The Bertz CT molecular complexity index is 521. The molecule has 1 N–H and O–H groups in total. The molecule has 1 fully saturated rings. The molecule has 0 amide bonds. The molecule has 0 radical (unpaired) electrons. The summed E-state index contributed by atoms with van der Waals surface area (Å²) in [6, 6.07) is 7.64. The molecule has 0 aromatic heterocycles. The fourth-order valence-electron chi connectivity index (χ4n) is 2.17. The van der Waals surface area contributed by atoms with Gasteiger partial charge in [-0.25, -0.2) is 0 Å². The predicted octanol–water partition coefficient (Wildman–Crippen LogP) is 2.70. The van der Waals surface area contributed by atoms with Gasteiger partial charge in [0.15, 0.2) is 0 Å². The topological polar surface area (TPSA) is 47.9 Å². The van der Waals surface area contributed by atoms with E-state index in [0.717, 1.165) is 11.3 Å². The Morgan fingerprint density at radius 1 is 1.19 bits per heavy atom. The highest BCUT2D eigenvalue weighted by Gasteiger charge is 2.52. The molecule has 5 heteroatoms. The van der Waals surface area contributed by atoms with Crippen molar-refractivity contribution in [2.24, 2.45) is 0 Å². The molecule has 1 heterocycles. The van der Waals surface area contributed by atoms with Crippen molar-refractivity contribution in [3.05, 3.63) is 35.3 Å². The van der Waals surface area contributed by atoms with Crippen LogP contribution in [-0.2, 0) is 9.31 Å². The molecule has 1 aromatic carbocycles. The minimum atomic E-state index is -0.551. The molecular weight excluding hydrogens is 267 g/mol. The van der Waals surface area contributed by atoms with E-state index in [0.29, 0.717) is 5.47 Å². The van der Waals surface area contributed by atoms with Crippen molar-refractivity contribution in [1.29, 1.82) is 0 Å². The van der Waals surface area contributed by atoms with Gasteiger partial charge in [0.05, 0.1) is 24.9 Å². The molecule has 0 atom stereocenters. The van der Waals surface area contributed by atoms with Crippen LogP contribution in [0.15, 0.2) is 29.7 Å². The van der Waals surface area contributed by atoms with Gasteiger partial charge in [0, 0.05) is 5.56 Å². The Balaban J connectivity index is 2.31. The molecule has 2 rings (SSSR count). The first-order valence-corrected chi connectivity index (χ1v) is 7.11. The van der Waals surface area contributed by atoms with Crippen molar-refractivity contribution in [3.8, 4) is 5.75 Å². The molecule has 21 heavy (non-hydrogen) atoms. The quantitative estimate of drug-likeness (QED) is 0.866. The number of ether oxygens (including phenoxy) is 1. The van der Waals surface area contributed by atoms with Gasteiger partial charge in [0.2, 0.25) is 0 Å².